The standard InChI is InChI=1S/C23H20Cl2N4O3/c1-2-5-19-18(21(30)29(27-19)17-9-4-8-16(25)11-17)12-20-22(31)28(23(32)26-20)13-14-6-3-7-15(24)10-14/h3-4,6-12,27H,2,5,13H2,1H3,(H,26,32)/b20-12-. The fraction of sp³-hybridized carbons (Fsp3) is 0.174. The Bertz CT molecular complexity index is 1290. The molecule has 9 heteroatoms. The van der Waals surface area contributed by atoms with E-state index in [0.717, 1.165) is 16.9 Å². The molecule has 32 heavy (non-hydrogen) atoms. The summed E-state index contributed by atoms with van der Waals surface area (Å²) < 4.78 is 1.38. The number of aromatic nitrogens is 2. The summed E-state index contributed by atoms with van der Waals surface area (Å²) in [7, 11) is 0. The van der Waals surface area contributed by atoms with Gasteiger partial charge in [0.25, 0.3) is 11.5 Å². The summed E-state index contributed by atoms with van der Waals surface area (Å²) in [6.07, 6.45) is 2.81. The minimum atomic E-state index is -0.552. The predicted molar refractivity (Wildman–Crippen MR) is 124 cm³/mol. The molecule has 3 aromatic rings. The Morgan fingerprint density at radius 3 is 2.41 bits per heavy atom. The van der Waals surface area contributed by atoms with Gasteiger partial charge in [-0.05, 0) is 48.4 Å². The number of H-pyrrole nitrogens is 1. The van der Waals surface area contributed by atoms with Crippen molar-refractivity contribution in [1.29, 1.82) is 0 Å². The zero-order valence-corrected chi connectivity index (χ0v) is 18.7. The quantitative estimate of drug-likeness (QED) is 0.410. The number of amides is 3. The molecule has 4 rings (SSSR count). The Labute approximate surface area is 194 Å². The maximum Gasteiger partial charge on any atom is 0.329 e. The summed E-state index contributed by atoms with van der Waals surface area (Å²) in [6, 6.07) is 13.3. The molecule has 0 atom stereocenters. The first-order valence-electron chi connectivity index (χ1n) is 10.1. The van der Waals surface area contributed by atoms with Crippen LogP contribution in [0.25, 0.3) is 11.8 Å². The number of hydrogen-bond acceptors (Lipinski definition) is 3. The highest BCUT2D eigenvalue weighted by atomic mass is 35.5. The largest absolute Gasteiger partial charge is 0.329 e. The third-order valence-corrected chi connectivity index (χ3v) is 5.52. The third kappa shape index (κ3) is 4.35. The first-order chi connectivity index (χ1) is 15.4. The number of imide groups is 1. The van der Waals surface area contributed by atoms with Crippen molar-refractivity contribution in [3.63, 3.8) is 0 Å². The van der Waals surface area contributed by atoms with Crippen molar-refractivity contribution in [3.05, 3.63) is 91.4 Å². The SMILES string of the molecule is CCCc1[nH]n(-c2cccc(Cl)c2)c(=O)c1/C=C1\NC(=O)N(Cc2cccc(Cl)c2)C1=O. The Balaban J connectivity index is 1.69. The van der Waals surface area contributed by atoms with E-state index in [2.05, 4.69) is 10.4 Å². The molecule has 0 saturated carbocycles. The number of hydrogen-bond donors (Lipinski definition) is 2. The van der Waals surface area contributed by atoms with Crippen LogP contribution in [0.3, 0.4) is 0 Å². The molecule has 0 spiro atoms. The van der Waals surface area contributed by atoms with Crippen molar-refractivity contribution < 1.29 is 9.59 Å². The summed E-state index contributed by atoms with van der Waals surface area (Å²) in [5.41, 5.74) is 2.00. The molecule has 1 saturated heterocycles. The van der Waals surface area contributed by atoms with Gasteiger partial charge >= 0.3 is 6.03 Å². The Morgan fingerprint density at radius 2 is 1.72 bits per heavy atom. The van der Waals surface area contributed by atoms with Crippen LogP contribution < -0.4 is 10.9 Å². The molecule has 0 radical (unpaired) electrons. The second-order valence-corrected chi connectivity index (χ2v) is 8.26. The number of nitrogens with one attached hydrogen (secondary N) is 2. The highest BCUT2D eigenvalue weighted by molar-refractivity contribution is 6.31. The van der Waals surface area contributed by atoms with Crippen LogP contribution >= 0.6 is 23.2 Å². The van der Waals surface area contributed by atoms with Gasteiger partial charge in [0.1, 0.15) is 5.70 Å². The van der Waals surface area contributed by atoms with Crippen LogP contribution in [0.15, 0.2) is 59.0 Å². The van der Waals surface area contributed by atoms with Crippen LogP contribution in [0.2, 0.25) is 10.0 Å². The molecule has 1 aliphatic rings. The Kier molecular flexibility index (Phi) is 6.21. The van der Waals surface area contributed by atoms with E-state index in [9.17, 15) is 14.4 Å². The minimum absolute atomic E-state index is 0.0451. The number of benzene rings is 2. The molecule has 1 aromatic heterocycles. The smallest absolute Gasteiger partial charge is 0.303 e. The molecule has 0 unspecified atom stereocenters. The summed E-state index contributed by atoms with van der Waals surface area (Å²) in [4.78, 5) is 39.6. The Morgan fingerprint density at radius 1 is 1.00 bits per heavy atom. The van der Waals surface area contributed by atoms with Crippen molar-refractivity contribution >= 4 is 41.2 Å². The summed E-state index contributed by atoms with van der Waals surface area (Å²) >= 11 is 12.1. The molecular formula is C23H20Cl2N4O3. The molecule has 0 bridgehead atoms. The normalized spacial score (nSPS) is 15.0. The number of aromatic amines is 1. The van der Waals surface area contributed by atoms with Crippen molar-refractivity contribution in [2.24, 2.45) is 0 Å². The molecule has 7 nitrogen and oxygen atoms in total. The molecule has 0 aliphatic carbocycles. The fourth-order valence-corrected chi connectivity index (χ4v) is 3.96. The van der Waals surface area contributed by atoms with E-state index < -0.39 is 11.9 Å². The maximum absolute atomic E-state index is 13.2. The fourth-order valence-electron chi connectivity index (χ4n) is 3.56. The summed E-state index contributed by atoms with van der Waals surface area (Å²) in [6.45, 7) is 2.06. The van der Waals surface area contributed by atoms with Gasteiger partial charge in [-0.3, -0.25) is 19.6 Å². The lowest BCUT2D eigenvalue weighted by molar-refractivity contribution is -0.123. The van der Waals surface area contributed by atoms with Crippen LogP contribution in [0.5, 0.6) is 0 Å². The zero-order valence-electron chi connectivity index (χ0n) is 17.2. The molecular weight excluding hydrogens is 451 g/mol. The van der Waals surface area contributed by atoms with E-state index in [0.29, 0.717) is 33.4 Å². The number of rotatable bonds is 6. The molecule has 3 amide bonds. The van der Waals surface area contributed by atoms with Gasteiger partial charge < -0.3 is 5.32 Å². The topological polar surface area (TPSA) is 87.2 Å². The van der Waals surface area contributed by atoms with Gasteiger partial charge in [0.05, 0.1) is 17.8 Å². The zero-order chi connectivity index (χ0) is 22.8. The third-order valence-electron chi connectivity index (χ3n) is 5.05. The number of carbonyl (C=O) groups is 2. The second-order valence-electron chi connectivity index (χ2n) is 7.38. The number of carbonyl (C=O) groups excluding carboxylic acids is 2. The summed E-state index contributed by atoms with van der Waals surface area (Å²) in [5.74, 6) is -0.507. The van der Waals surface area contributed by atoms with E-state index in [-0.39, 0.29) is 17.8 Å². The lowest BCUT2D eigenvalue weighted by atomic mass is 10.1. The number of halogens is 2. The van der Waals surface area contributed by atoms with Gasteiger partial charge in [0.2, 0.25) is 0 Å². The van der Waals surface area contributed by atoms with Crippen molar-refractivity contribution in [1.82, 2.24) is 20.0 Å². The lowest BCUT2D eigenvalue weighted by Crippen LogP contribution is -2.30. The van der Waals surface area contributed by atoms with E-state index in [1.54, 1.807) is 48.5 Å². The highest BCUT2D eigenvalue weighted by Crippen LogP contribution is 2.20. The van der Waals surface area contributed by atoms with Crippen molar-refractivity contribution in [2.45, 2.75) is 26.3 Å². The van der Waals surface area contributed by atoms with Gasteiger partial charge in [-0.2, -0.15) is 0 Å². The average Bonchev–Trinajstić information content (AvgIpc) is 3.20. The van der Waals surface area contributed by atoms with E-state index in [1.165, 1.54) is 10.8 Å². The van der Waals surface area contributed by atoms with Crippen LogP contribution in [0.4, 0.5) is 4.79 Å². The molecule has 2 aromatic carbocycles. The van der Waals surface area contributed by atoms with Crippen LogP contribution in [0, 0.1) is 0 Å². The van der Waals surface area contributed by atoms with E-state index >= 15 is 0 Å². The van der Waals surface area contributed by atoms with Crippen LogP contribution in [-0.2, 0) is 17.8 Å². The molecule has 164 valence electrons. The number of urea groups is 1. The molecule has 1 fully saturated rings. The number of aryl methyl sites for hydroxylation is 1. The predicted octanol–water partition coefficient (Wildman–Crippen LogP) is 4.52. The molecule has 2 heterocycles. The highest BCUT2D eigenvalue weighted by Gasteiger charge is 2.34. The molecule has 1 aliphatic heterocycles. The first-order valence-corrected chi connectivity index (χ1v) is 10.8. The average molecular weight is 471 g/mol. The van der Waals surface area contributed by atoms with Gasteiger partial charge in [0, 0.05) is 15.7 Å². The van der Waals surface area contributed by atoms with E-state index in [1.807, 2.05) is 6.92 Å². The molecule has 2 N–H and O–H groups in total. The van der Waals surface area contributed by atoms with E-state index in [4.69, 9.17) is 23.2 Å². The van der Waals surface area contributed by atoms with Crippen molar-refractivity contribution in [2.75, 3.05) is 0 Å². The minimum Gasteiger partial charge on any atom is -0.303 e. The van der Waals surface area contributed by atoms with Gasteiger partial charge in [-0.25, -0.2) is 9.48 Å². The second kappa shape index (κ2) is 9.06. The monoisotopic (exact) mass is 470 g/mol. The van der Waals surface area contributed by atoms with Crippen LogP contribution in [-0.4, -0.2) is 26.6 Å². The van der Waals surface area contributed by atoms with Crippen molar-refractivity contribution in [3.8, 4) is 5.69 Å². The first kappa shape index (κ1) is 21.9. The van der Waals surface area contributed by atoms with Crippen LogP contribution in [0.1, 0.15) is 30.2 Å². The maximum atomic E-state index is 13.2. The lowest BCUT2D eigenvalue weighted by Gasteiger charge is -2.11. The summed E-state index contributed by atoms with van der Waals surface area (Å²) in [5, 5.41) is 6.69. The van der Waals surface area contributed by atoms with Gasteiger partial charge in [0.15, 0.2) is 0 Å². The number of nitrogens with zero attached hydrogens (tertiary/aromatic N) is 2. The van der Waals surface area contributed by atoms with Gasteiger partial charge in [-0.15, -0.1) is 0 Å². The Hall–Kier alpha value is -3.29. The van der Waals surface area contributed by atoms with Gasteiger partial charge in [-0.1, -0.05) is 54.7 Å².